The van der Waals surface area contributed by atoms with Crippen molar-refractivity contribution in [3.63, 3.8) is 0 Å². The Kier molecular flexibility index (Phi) is 6.14. The summed E-state index contributed by atoms with van der Waals surface area (Å²) in [6.07, 6.45) is 0. The molecular weight excluding hydrogens is 368 g/mol. The van der Waals surface area contributed by atoms with Crippen LogP contribution in [-0.4, -0.2) is 26.0 Å². The third-order valence-corrected chi connectivity index (χ3v) is 4.43. The van der Waals surface area contributed by atoms with Gasteiger partial charge in [0.15, 0.2) is 11.5 Å². The lowest BCUT2D eigenvalue weighted by Crippen LogP contribution is -2.15. The highest BCUT2D eigenvalue weighted by Gasteiger charge is 2.13. The molecule has 0 heterocycles. The van der Waals surface area contributed by atoms with E-state index in [-0.39, 0.29) is 11.8 Å². The average molecular weight is 390 g/mol. The van der Waals surface area contributed by atoms with Gasteiger partial charge in [0.25, 0.3) is 11.8 Å². The van der Waals surface area contributed by atoms with E-state index >= 15 is 0 Å². The standard InChI is InChI=1S/C23H22N2O4/c1-15-9-11-18(24-22(26)16-7-5-4-6-8-16)14-19(15)25-23(27)17-10-12-20(28-2)21(13-17)29-3/h4-14H,1-3H3,(H,24,26)(H,25,27). The molecule has 29 heavy (non-hydrogen) atoms. The molecule has 6 nitrogen and oxygen atoms in total. The first-order valence-electron chi connectivity index (χ1n) is 9.02. The van der Waals surface area contributed by atoms with E-state index in [1.807, 2.05) is 19.1 Å². The van der Waals surface area contributed by atoms with Gasteiger partial charge < -0.3 is 20.1 Å². The minimum atomic E-state index is -0.291. The molecule has 0 saturated carbocycles. The highest BCUT2D eigenvalue weighted by molar-refractivity contribution is 6.07. The Balaban J connectivity index is 1.78. The van der Waals surface area contributed by atoms with Gasteiger partial charge in [-0.2, -0.15) is 0 Å². The second-order valence-corrected chi connectivity index (χ2v) is 6.37. The van der Waals surface area contributed by atoms with E-state index < -0.39 is 0 Å². The fourth-order valence-electron chi connectivity index (χ4n) is 2.80. The number of aryl methyl sites for hydroxylation is 1. The van der Waals surface area contributed by atoms with Gasteiger partial charge in [0.1, 0.15) is 0 Å². The van der Waals surface area contributed by atoms with Crippen LogP contribution in [0.5, 0.6) is 11.5 Å². The van der Waals surface area contributed by atoms with Gasteiger partial charge >= 0.3 is 0 Å². The monoisotopic (exact) mass is 390 g/mol. The van der Waals surface area contributed by atoms with E-state index in [1.54, 1.807) is 54.6 Å². The first-order chi connectivity index (χ1) is 14.0. The molecule has 0 aliphatic rings. The van der Waals surface area contributed by atoms with Crippen molar-refractivity contribution in [2.24, 2.45) is 0 Å². The number of carbonyl (C=O) groups excluding carboxylic acids is 2. The first-order valence-corrected chi connectivity index (χ1v) is 9.02. The molecule has 0 aromatic heterocycles. The van der Waals surface area contributed by atoms with Crippen LogP contribution in [0.3, 0.4) is 0 Å². The number of ether oxygens (including phenoxy) is 2. The smallest absolute Gasteiger partial charge is 0.255 e. The third kappa shape index (κ3) is 4.73. The molecule has 0 aliphatic carbocycles. The maximum Gasteiger partial charge on any atom is 0.255 e. The van der Waals surface area contributed by atoms with E-state index in [2.05, 4.69) is 10.6 Å². The number of rotatable bonds is 6. The molecule has 3 rings (SSSR count). The highest BCUT2D eigenvalue weighted by Crippen LogP contribution is 2.28. The summed E-state index contributed by atoms with van der Waals surface area (Å²) in [5.41, 5.74) is 3.06. The molecule has 148 valence electrons. The molecule has 0 unspecified atom stereocenters. The van der Waals surface area contributed by atoms with Gasteiger partial charge in [-0.3, -0.25) is 9.59 Å². The van der Waals surface area contributed by atoms with E-state index in [9.17, 15) is 9.59 Å². The number of benzene rings is 3. The van der Waals surface area contributed by atoms with Crippen LogP contribution < -0.4 is 20.1 Å². The van der Waals surface area contributed by atoms with Crippen molar-refractivity contribution in [3.8, 4) is 11.5 Å². The summed E-state index contributed by atoms with van der Waals surface area (Å²) in [6, 6.07) is 19.3. The summed E-state index contributed by atoms with van der Waals surface area (Å²) >= 11 is 0. The van der Waals surface area contributed by atoms with Crippen molar-refractivity contribution in [2.75, 3.05) is 24.9 Å². The van der Waals surface area contributed by atoms with Crippen LogP contribution in [0.4, 0.5) is 11.4 Å². The maximum absolute atomic E-state index is 12.7. The zero-order valence-electron chi connectivity index (χ0n) is 16.5. The minimum absolute atomic E-state index is 0.216. The van der Waals surface area contributed by atoms with Crippen LogP contribution in [0.15, 0.2) is 66.7 Å². The quantitative estimate of drug-likeness (QED) is 0.649. The zero-order valence-corrected chi connectivity index (χ0v) is 16.5. The second kappa shape index (κ2) is 8.93. The Morgan fingerprint density at radius 2 is 1.41 bits per heavy atom. The lowest BCUT2D eigenvalue weighted by Gasteiger charge is -2.13. The molecule has 0 atom stereocenters. The number of hydrogen-bond acceptors (Lipinski definition) is 4. The van der Waals surface area contributed by atoms with Gasteiger partial charge in [-0.1, -0.05) is 24.3 Å². The van der Waals surface area contributed by atoms with Crippen molar-refractivity contribution in [2.45, 2.75) is 6.92 Å². The predicted molar refractivity (Wildman–Crippen MR) is 113 cm³/mol. The van der Waals surface area contributed by atoms with E-state index in [0.29, 0.717) is 34.0 Å². The largest absolute Gasteiger partial charge is 0.493 e. The molecular formula is C23H22N2O4. The molecule has 2 N–H and O–H groups in total. The summed E-state index contributed by atoms with van der Waals surface area (Å²) in [6.45, 7) is 1.88. The fourth-order valence-corrected chi connectivity index (χ4v) is 2.80. The lowest BCUT2D eigenvalue weighted by molar-refractivity contribution is 0.101. The number of amides is 2. The summed E-state index contributed by atoms with van der Waals surface area (Å²) < 4.78 is 10.5. The predicted octanol–water partition coefficient (Wildman–Crippen LogP) is 4.52. The Morgan fingerprint density at radius 3 is 2.10 bits per heavy atom. The SMILES string of the molecule is COc1ccc(C(=O)Nc2cc(NC(=O)c3ccccc3)ccc2C)cc1OC. The molecule has 0 radical (unpaired) electrons. The van der Waals surface area contributed by atoms with Gasteiger partial charge in [-0.05, 0) is 55.0 Å². The normalized spacial score (nSPS) is 10.2. The average Bonchev–Trinajstić information content (AvgIpc) is 2.76. The summed E-state index contributed by atoms with van der Waals surface area (Å²) in [5.74, 6) is 0.513. The van der Waals surface area contributed by atoms with Crippen molar-refractivity contribution >= 4 is 23.2 Å². The first kappa shape index (κ1) is 19.9. The Labute approximate surface area is 169 Å². The van der Waals surface area contributed by atoms with Crippen molar-refractivity contribution in [1.29, 1.82) is 0 Å². The van der Waals surface area contributed by atoms with Crippen molar-refractivity contribution in [1.82, 2.24) is 0 Å². The van der Waals surface area contributed by atoms with Gasteiger partial charge in [0, 0.05) is 22.5 Å². The van der Waals surface area contributed by atoms with Gasteiger partial charge in [-0.15, -0.1) is 0 Å². The van der Waals surface area contributed by atoms with Gasteiger partial charge in [0.2, 0.25) is 0 Å². The lowest BCUT2D eigenvalue weighted by atomic mass is 10.1. The Bertz CT molecular complexity index is 1030. The molecule has 6 heteroatoms. The number of hydrogen-bond donors (Lipinski definition) is 2. The van der Waals surface area contributed by atoms with Crippen LogP contribution in [-0.2, 0) is 0 Å². The summed E-state index contributed by atoms with van der Waals surface area (Å²) in [7, 11) is 3.05. The molecule has 0 aliphatic heterocycles. The van der Waals surface area contributed by atoms with Gasteiger partial charge in [0.05, 0.1) is 14.2 Å². The van der Waals surface area contributed by atoms with Gasteiger partial charge in [-0.25, -0.2) is 0 Å². The molecule has 0 saturated heterocycles. The highest BCUT2D eigenvalue weighted by atomic mass is 16.5. The molecule has 0 spiro atoms. The number of anilines is 2. The molecule has 0 bridgehead atoms. The Hall–Kier alpha value is -3.80. The van der Waals surface area contributed by atoms with Crippen molar-refractivity contribution < 1.29 is 19.1 Å². The topological polar surface area (TPSA) is 76.7 Å². The molecule has 3 aromatic rings. The third-order valence-electron chi connectivity index (χ3n) is 4.43. The number of nitrogens with one attached hydrogen (secondary N) is 2. The van der Waals surface area contributed by atoms with Crippen LogP contribution in [0.2, 0.25) is 0 Å². The second-order valence-electron chi connectivity index (χ2n) is 6.37. The fraction of sp³-hybridized carbons (Fsp3) is 0.130. The minimum Gasteiger partial charge on any atom is -0.493 e. The van der Waals surface area contributed by atoms with E-state index in [4.69, 9.17) is 9.47 Å². The summed E-state index contributed by atoms with van der Waals surface area (Å²) in [4.78, 5) is 25.1. The number of carbonyl (C=O) groups is 2. The zero-order chi connectivity index (χ0) is 20.8. The summed E-state index contributed by atoms with van der Waals surface area (Å²) in [5, 5.41) is 5.73. The Morgan fingerprint density at radius 1 is 0.724 bits per heavy atom. The number of methoxy groups -OCH3 is 2. The molecule has 3 aromatic carbocycles. The van der Waals surface area contributed by atoms with Crippen LogP contribution in [0, 0.1) is 6.92 Å². The van der Waals surface area contributed by atoms with Crippen LogP contribution in [0.1, 0.15) is 26.3 Å². The molecule has 2 amide bonds. The van der Waals surface area contributed by atoms with E-state index in [1.165, 1.54) is 14.2 Å². The van der Waals surface area contributed by atoms with E-state index in [0.717, 1.165) is 5.56 Å². The van der Waals surface area contributed by atoms with Crippen LogP contribution in [0.25, 0.3) is 0 Å². The van der Waals surface area contributed by atoms with Crippen molar-refractivity contribution in [3.05, 3.63) is 83.4 Å². The molecule has 0 fully saturated rings. The maximum atomic E-state index is 12.7. The van der Waals surface area contributed by atoms with Crippen LogP contribution >= 0.6 is 0 Å².